The van der Waals surface area contributed by atoms with Gasteiger partial charge in [0.25, 0.3) is 0 Å². The lowest BCUT2D eigenvalue weighted by atomic mass is 10.1. The van der Waals surface area contributed by atoms with E-state index in [-0.39, 0.29) is 22.3 Å². The van der Waals surface area contributed by atoms with Crippen LogP contribution in [0.3, 0.4) is 0 Å². The van der Waals surface area contributed by atoms with Crippen molar-refractivity contribution >= 4 is 15.9 Å². The Hall–Kier alpha value is -1.27. The number of aliphatic hydroxyl groups excluding tert-OH is 1. The lowest BCUT2D eigenvalue weighted by molar-refractivity contribution is 0.166. The van der Waals surface area contributed by atoms with Gasteiger partial charge in [-0.1, -0.05) is 0 Å². The van der Waals surface area contributed by atoms with Gasteiger partial charge >= 0.3 is 0 Å². The number of hydrogen-bond donors (Lipinski definition) is 2. The predicted molar refractivity (Wildman–Crippen MR) is 61.3 cm³/mol. The second kappa shape index (κ2) is 4.93. The van der Waals surface area contributed by atoms with Crippen LogP contribution in [0.15, 0.2) is 29.0 Å². The first-order valence-electron chi connectivity index (χ1n) is 4.89. The number of benzene rings is 1. The number of halogens is 3. The van der Waals surface area contributed by atoms with E-state index in [0.29, 0.717) is 0 Å². The van der Waals surface area contributed by atoms with Crippen LogP contribution in [0.4, 0.5) is 8.78 Å². The van der Waals surface area contributed by atoms with Crippen LogP contribution in [0.1, 0.15) is 17.5 Å². The summed E-state index contributed by atoms with van der Waals surface area (Å²) in [6.07, 6.45) is 1.76. The average Bonchev–Trinajstić information content (AvgIpc) is 2.83. The molecule has 0 radical (unpaired) electrons. The molecule has 1 heterocycles. The smallest absolute Gasteiger partial charge is 0.143 e. The van der Waals surface area contributed by atoms with Gasteiger partial charge < -0.3 is 10.1 Å². The molecule has 6 heteroatoms. The Balaban J connectivity index is 2.27. The highest BCUT2D eigenvalue weighted by molar-refractivity contribution is 9.10. The standard InChI is InChI=1S/C11H9BrF2N2O/c12-7-1-2-8(13)6(10(7)14)5-9(17)11-15-3-4-16-11/h1-4,9,17H,5H2,(H,15,16). The lowest BCUT2D eigenvalue weighted by Gasteiger charge is -2.10. The van der Waals surface area contributed by atoms with Crippen LogP contribution in [0.2, 0.25) is 0 Å². The molecule has 0 aliphatic carbocycles. The van der Waals surface area contributed by atoms with Crippen LogP contribution < -0.4 is 0 Å². The van der Waals surface area contributed by atoms with Crippen molar-refractivity contribution in [3.8, 4) is 0 Å². The zero-order chi connectivity index (χ0) is 12.4. The summed E-state index contributed by atoms with van der Waals surface area (Å²) in [6, 6.07) is 2.44. The highest BCUT2D eigenvalue weighted by Gasteiger charge is 2.18. The van der Waals surface area contributed by atoms with Gasteiger partial charge in [-0.25, -0.2) is 13.8 Å². The second-order valence-electron chi connectivity index (χ2n) is 3.52. The first kappa shape index (κ1) is 12.2. The Morgan fingerprint density at radius 2 is 2.18 bits per heavy atom. The van der Waals surface area contributed by atoms with Gasteiger partial charge in [-0.3, -0.25) is 0 Å². The molecule has 17 heavy (non-hydrogen) atoms. The number of nitrogens with zero attached hydrogens (tertiary/aromatic N) is 1. The summed E-state index contributed by atoms with van der Waals surface area (Å²) >= 11 is 2.97. The van der Waals surface area contributed by atoms with E-state index in [4.69, 9.17) is 0 Å². The average molecular weight is 303 g/mol. The van der Waals surface area contributed by atoms with Crippen molar-refractivity contribution in [2.75, 3.05) is 0 Å². The van der Waals surface area contributed by atoms with Gasteiger partial charge in [0.15, 0.2) is 0 Å². The molecule has 2 N–H and O–H groups in total. The van der Waals surface area contributed by atoms with E-state index in [0.717, 1.165) is 6.07 Å². The highest BCUT2D eigenvalue weighted by atomic mass is 79.9. The van der Waals surface area contributed by atoms with Crippen LogP contribution in [0.25, 0.3) is 0 Å². The zero-order valence-electron chi connectivity index (χ0n) is 8.62. The van der Waals surface area contributed by atoms with E-state index in [9.17, 15) is 13.9 Å². The molecule has 1 unspecified atom stereocenters. The molecular weight excluding hydrogens is 294 g/mol. The first-order chi connectivity index (χ1) is 8.09. The topological polar surface area (TPSA) is 48.9 Å². The second-order valence-corrected chi connectivity index (χ2v) is 4.37. The van der Waals surface area contributed by atoms with Gasteiger partial charge in [0.2, 0.25) is 0 Å². The Bertz CT molecular complexity index is 516. The van der Waals surface area contributed by atoms with Crippen molar-refractivity contribution in [1.82, 2.24) is 9.97 Å². The molecule has 0 saturated carbocycles. The molecule has 3 nitrogen and oxygen atoms in total. The van der Waals surface area contributed by atoms with E-state index in [1.165, 1.54) is 18.5 Å². The molecule has 1 atom stereocenters. The summed E-state index contributed by atoms with van der Waals surface area (Å²) in [6.45, 7) is 0. The van der Waals surface area contributed by atoms with Gasteiger partial charge in [-0.15, -0.1) is 0 Å². The molecule has 0 amide bonds. The van der Waals surface area contributed by atoms with Crippen LogP contribution in [-0.4, -0.2) is 15.1 Å². The van der Waals surface area contributed by atoms with Gasteiger partial charge in [0, 0.05) is 24.4 Å². The molecule has 1 aromatic carbocycles. The van der Waals surface area contributed by atoms with Gasteiger partial charge in [0.1, 0.15) is 23.6 Å². The summed E-state index contributed by atoms with van der Waals surface area (Å²) < 4.78 is 27.2. The molecule has 0 fully saturated rings. The Morgan fingerprint density at radius 3 is 2.82 bits per heavy atom. The van der Waals surface area contributed by atoms with Crippen molar-refractivity contribution in [3.05, 3.63) is 52.0 Å². The van der Waals surface area contributed by atoms with E-state index >= 15 is 0 Å². The largest absolute Gasteiger partial charge is 0.385 e. The first-order valence-corrected chi connectivity index (χ1v) is 5.68. The molecular formula is C11H9BrF2N2O. The van der Waals surface area contributed by atoms with Crippen molar-refractivity contribution in [2.24, 2.45) is 0 Å². The molecule has 90 valence electrons. The van der Waals surface area contributed by atoms with Crippen molar-refractivity contribution in [2.45, 2.75) is 12.5 Å². The number of rotatable bonds is 3. The molecule has 0 spiro atoms. The van der Waals surface area contributed by atoms with Crippen LogP contribution in [-0.2, 0) is 6.42 Å². The number of imidazole rings is 1. The number of aromatic amines is 1. The van der Waals surface area contributed by atoms with E-state index in [1.54, 1.807) is 0 Å². The normalized spacial score (nSPS) is 12.7. The third-order valence-corrected chi connectivity index (χ3v) is 2.98. The van der Waals surface area contributed by atoms with E-state index < -0.39 is 17.7 Å². The molecule has 0 saturated heterocycles. The summed E-state index contributed by atoms with van der Waals surface area (Å²) in [5.74, 6) is -1.10. The number of hydrogen-bond acceptors (Lipinski definition) is 2. The monoisotopic (exact) mass is 302 g/mol. The van der Waals surface area contributed by atoms with Gasteiger partial charge in [0.05, 0.1) is 4.47 Å². The van der Waals surface area contributed by atoms with Crippen molar-refractivity contribution < 1.29 is 13.9 Å². The maximum Gasteiger partial charge on any atom is 0.143 e. The molecule has 2 aromatic rings. The van der Waals surface area contributed by atoms with Gasteiger partial charge in [-0.2, -0.15) is 0 Å². The minimum atomic E-state index is -1.07. The van der Waals surface area contributed by atoms with Gasteiger partial charge in [-0.05, 0) is 28.1 Å². The van der Waals surface area contributed by atoms with Crippen molar-refractivity contribution in [3.63, 3.8) is 0 Å². The van der Waals surface area contributed by atoms with Crippen LogP contribution in [0, 0.1) is 11.6 Å². The lowest BCUT2D eigenvalue weighted by Crippen LogP contribution is -2.07. The number of H-pyrrole nitrogens is 1. The molecule has 1 aromatic heterocycles. The Morgan fingerprint density at radius 1 is 1.41 bits per heavy atom. The fourth-order valence-electron chi connectivity index (χ4n) is 1.51. The number of aromatic nitrogens is 2. The summed E-state index contributed by atoms with van der Waals surface area (Å²) in [5, 5.41) is 9.76. The maximum atomic E-state index is 13.6. The number of nitrogens with one attached hydrogen (secondary N) is 1. The number of aliphatic hydroxyl groups is 1. The minimum absolute atomic E-state index is 0.164. The third-order valence-electron chi connectivity index (χ3n) is 2.37. The Kier molecular flexibility index (Phi) is 3.54. The highest BCUT2D eigenvalue weighted by Crippen LogP contribution is 2.25. The van der Waals surface area contributed by atoms with Crippen LogP contribution >= 0.6 is 15.9 Å². The zero-order valence-corrected chi connectivity index (χ0v) is 10.2. The quantitative estimate of drug-likeness (QED) is 0.857. The molecule has 0 aliphatic heterocycles. The molecule has 0 aliphatic rings. The maximum absolute atomic E-state index is 13.6. The SMILES string of the molecule is OC(Cc1c(F)ccc(Br)c1F)c1ncc[nH]1. The fourth-order valence-corrected chi connectivity index (χ4v) is 1.88. The van der Waals surface area contributed by atoms with E-state index in [2.05, 4.69) is 25.9 Å². The van der Waals surface area contributed by atoms with Crippen LogP contribution in [0.5, 0.6) is 0 Å². The predicted octanol–water partition coefficient (Wildman–Crippen LogP) is 2.73. The minimum Gasteiger partial charge on any atom is -0.385 e. The van der Waals surface area contributed by atoms with Crippen molar-refractivity contribution in [1.29, 1.82) is 0 Å². The Labute approximate surface area is 105 Å². The van der Waals surface area contributed by atoms with E-state index in [1.807, 2.05) is 0 Å². The molecule has 2 rings (SSSR count). The fraction of sp³-hybridized carbons (Fsp3) is 0.182. The third kappa shape index (κ3) is 2.53. The summed E-state index contributed by atoms with van der Waals surface area (Å²) in [4.78, 5) is 6.52. The summed E-state index contributed by atoms with van der Waals surface area (Å²) in [5.41, 5.74) is -0.164. The molecule has 0 bridgehead atoms. The summed E-state index contributed by atoms with van der Waals surface area (Å²) in [7, 11) is 0.